The molecule has 1 atom stereocenters. The summed E-state index contributed by atoms with van der Waals surface area (Å²) < 4.78 is 16.0. The number of hydrogen-bond donors (Lipinski definition) is 1. The number of Topliss-reactive ketones (excluding diaryl/α,β-unsaturated/α-hetero) is 1. The fraction of sp³-hybridized carbons (Fsp3) is 0.393. The SMILES string of the molecule is CCN(CC)CCCN1C(=O)C(=O)/C(=C(/O)c2ccc3c(c2)OCCO3)[C@@H]1c1ccc(C(=O)OC)cc1. The van der Waals surface area contributed by atoms with Crippen molar-refractivity contribution < 1.29 is 33.7 Å². The van der Waals surface area contributed by atoms with Gasteiger partial charge in [-0.3, -0.25) is 9.59 Å². The molecular formula is C28H32N2O7. The third-order valence-electron chi connectivity index (χ3n) is 6.77. The zero-order valence-corrected chi connectivity index (χ0v) is 21.4. The lowest BCUT2D eigenvalue weighted by Gasteiger charge is -2.27. The Bertz CT molecular complexity index is 1200. The summed E-state index contributed by atoms with van der Waals surface area (Å²) in [6.45, 7) is 7.83. The van der Waals surface area contributed by atoms with Crippen molar-refractivity contribution in [1.82, 2.24) is 9.80 Å². The van der Waals surface area contributed by atoms with Gasteiger partial charge in [0.1, 0.15) is 19.0 Å². The summed E-state index contributed by atoms with van der Waals surface area (Å²) in [7, 11) is 1.30. The van der Waals surface area contributed by atoms with Crippen LogP contribution >= 0.6 is 0 Å². The lowest BCUT2D eigenvalue weighted by atomic mass is 9.94. The van der Waals surface area contributed by atoms with E-state index in [1.807, 2.05) is 0 Å². The van der Waals surface area contributed by atoms with Crippen molar-refractivity contribution in [3.8, 4) is 11.5 Å². The van der Waals surface area contributed by atoms with Gasteiger partial charge in [0.25, 0.3) is 11.7 Å². The third kappa shape index (κ3) is 5.32. The largest absolute Gasteiger partial charge is 0.507 e. The number of aliphatic hydroxyl groups is 1. The summed E-state index contributed by atoms with van der Waals surface area (Å²) >= 11 is 0. The van der Waals surface area contributed by atoms with Crippen molar-refractivity contribution in [1.29, 1.82) is 0 Å². The first-order valence-corrected chi connectivity index (χ1v) is 12.5. The molecule has 4 rings (SSSR count). The number of amides is 1. The Morgan fingerprint density at radius 1 is 1.03 bits per heavy atom. The number of methoxy groups -OCH3 is 1. The van der Waals surface area contributed by atoms with Gasteiger partial charge in [0, 0.05) is 12.1 Å². The second-order valence-corrected chi connectivity index (χ2v) is 8.84. The highest BCUT2D eigenvalue weighted by atomic mass is 16.6. The number of benzene rings is 2. The van der Waals surface area contributed by atoms with Gasteiger partial charge >= 0.3 is 5.97 Å². The molecule has 1 amide bonds. The molecule has 0 bridgehead atoms. The first-order valence-electron chi connectivity index (χ1n) is 12.5. The Morgan fingerprint density at radius 3 is 2.32 bits per heavy atom. The van der Waals surface area contributed by atoms with Gasteiger partial charge in [-0.2, -0.15) is 0 Å². The molecule has 196 valence electrons. The van der Waals surface area contributed by atoms with Crippen LogP contribution in [0.3, 0.4) is 0 Å². The van der Waals surface area contributed by atoms with Gasteiger partial charge in [0.15, 0.2) is 11.5 Å². The predicted molar refractivity (Wildman–Crippen MR) is 137 cm³/mol. The van der Waals surface area contributed by atoms with Crippen LogP contribution < -0.4 is 9.47 Å². The first-order chi connectivity index (χ1) is 17.9. The highest BCUT2D eigenvalue weighted by molar-refractivity contribution is 6.46. The average Bonchev–Trinajstić information content (AvgIpc) is 3.19. The number of carbonyl (C=O) groups is 3. The molecule has 1 saturated heterocycles. The van der Waals surface area contributed by atoms with Gasteiger partial charge in [-0.15, -0.1) is 0 Å². The van der Waals surface area contributed by atoms with Crippen LogP contribution in [0.2, 0.25) is 0 Å². The maximum atomic E-state index is 13.3. The van der Waals surface area contributed by atoms with Crippen LogP contribution in [0, 0.1) is 0 Å². The van der Waals surface area contributed by atoms with E-state index < -0.39 is 23.7 Å². The summed E-state index contributed by atoms with van der Waals surface area (Å²) in [6, 6.07) is 10.6. The highest BCUT2D eigenvalue weighted by Gasteiger charge is 2.46. The molecule has 0 radical (unpaired) electrons. The predicted octanol–water partition coefficient (Wildman–Crippen LogP) is 3.40. The summed E-state index contributed by atoms with van der Waals surface area (Å²) in [5.41, 5.74) is 1.29. The standard InChI is InChI=1S/C28H32N2O7/c1-4-29(5-2)13-6-14-30-24(18-7-9-19(10-8-18)28(34)35-3)23(26(32)27(30)33)25(31)20-11-12-21-22(17-20)37-16-15-36-21/h7-12,17,24,31H,4-6,13-16H2,1-3H3/b25-23+/t24-/m0/s1. The topological polar surface area (TPSA) is 106 Å². The molecule has 2 aromatic rings. The molecule has 2 aliphatic heterocycles. The second-order valence-electron chi connectivity index (χ2n) is 8.84. The number of aliphatic hydroxyl groups excluding tert-OH is 1. The van der Waals surface area contributed by atoms with E-state index in [2.05, 4.69) is 18.7 Å². The van der Waals surface area contributed by atoms with E-state index in [1.165, 1.54) is 12.0 Å². The molecule has 1 N–H and O–H groups in total. The monoisotopic (exact) mass is 508 g/mol. The normalized spacial score (nSPS) is 18.4. The molecule has 2 aliphatic rings. The van der Waals surface area contributed by atoms with E-state index in [4.69, 9.17) is 14.2 Å². The minimum Gasteiger partial charge on any atom is -0.507 e. The van der Waals surface area contributed by atoms with Gasteiger partial charge in [-0.05, 0) is 62.0 Å². The molecule has 0 aliphatic carbocycles. The zero-order chi connectivity index (χ0) is 26.5. The number of fused-ring (bicyclic) bond motifs is 1. The van der Waals surface area contributed by atoms with Crippen LogP contribution in [0.5, 0.6) is 11.5 Å². The second kappa shape index (κ2) is 11.5. The quantitative estimate of drug-likeness (QED) is 0.238. The van der Waals surface area contributed by atoms with Crippen molar-refractivity contribution >= 4 is 23.4 Å². The van der Waals surface area contributed by atoms with Crippen LogP contribution in [-0.4, -0.2) is 79.1 Å². The lowest BCUT2D eigenvalue weighted by molar-refractivity contribution is -0.140. The summed E-state index contributed by atoms with van der Waals surface area (Å²) in [4.78, 5) is 42.2. The maximum Gasteiger partial charge on any atom is 0.337 e. The molecule has 2 aromatic carbocycles. The number of hydrogen-bond acceptors (Lipinski definition) is 8. The van der Waals surface area contributed by atoms with Crippen molar-refractivity contribution in [3.05, 3.63) is 64.7 Å². The molecule has 1 fully saturated rings. The number of likely N-dealkylation sites (tertiary alicyclic amines) is 1. The van der Waals surface area contributed by atoms with E-state index >= 15 is 0 Å². The smallest absolute Gasteiger partial charge is 0.337 e. The van der Waals surface area contributed by atoms with E-state index in [0.717, 1.165) is 19.6 Å². The maximum absolute atomic E-state index is 13.3. The van der Waals surface area contributed by atoms with Crippen molar-refractivity contribution in [2.24, 2.45) is 0 Å². The number of ketones is 1. The minimum atomic E-state index is -0.809. The van der Waals surface area contributed by atoms with Crippen molar-refractivity contribution in [2.75, 3.05) is 46.5 Å². The van der Waals surface area contributed by atoms with Gasteiger partial charge in [-0.1, -0.05) is 26.0 Å². The Labute approximate surface area is 216 Å². The Hall–Kier alpha value is -3.85. The molecule has 0 aromatic heterocycles. The fourth-order valence-electron chi connectivity index (χ4n) is 4.73. The highest BCUT2D eigenvalue weighted by Crippen LogP contribution is 2.41. The first kappa shape index (κ1) is 26.2. The zero-order valence-electron chi connectivity index (χ0n) is 21.4. The molecule has 9 heteroatoms. The van der Waals surface area contributed by atoms with Gasteiger partial charge in [-0.25, -0.2) is 4.79 Å². The molecule has 0 unspecified atom stereocenters. The number of ether oxygens (including phenoxy) is 3. The molecule has 0 saturated carbocycles. The van der Waals surface area contributed by atoms with Crippen LogP contribution in [0.4, 0.5) is 0 Å². The van der Waals surface area contributed by atoms with E-state index in [1.54, 1.807) is 42.5 Å². The van der Waals surface area contributed by atoms with Gasteiger partial charge in [0.2, 0.25) is 0 Å². The van der Waals surface area contributed by atoms with Crippen LogP contribution in [0.15, 0.2) is 48.0 Å². The Kier molecular flexibility index (Phi) is 8.13. The summed E-state index contributed by atoms with van der Waals surface area (Å²) in [6.07, 6.45) is 0.662. The summed E-state index contributed by atoms with van der Waals surface area (Å²) in [5, 5.41) is 11.3. The Balaban J connectivity index is 1.74. The third-order valence-corrected chi connectivity index (χ3v) is 6.77. The molecular weight excluding hydrogens is 476 g/mol. The van der Waals surface area contributed by atoms with Crippen LogP contribution in [0.25, 0.3) is 5.76 Å². The number of carbonyl (C=O) groups excluding carboxylic acids is 3. The molecule has 9 nitrogen and oxygen atoms in total. The van der Waals surface area contributed by atoms with E-state index in [-0.39, 0.29) is 11.3 Å². The van der Waals surface area contributed by atoms with Crippen molar-refractivity contribution in [3.63, 3.8) is 0 Å². The molecule has 0 spiro atoms. The number of nitrogens with zero attached hydrogens (tertiary/aromatic N) is 2. The fourth-order valence-corrected chi connectivity index (χ4v) is 4.73. The lowest BCUT2D eigenvalue weighted by Crippen LogP contribution is -2.33. The minimum absolute atomic E-state index is 0.00432. The van der Waals surface area contributed by atoms with Crippen LogP contribution in [-0.2, 0) is 14.3 Å². The van der Waals surface area contributed by atoms with Gasteiger partial charge < -0.3 is 29.1 Å². The van der Waals surface area contributed by atoms with Crippen LogP contribution in [0.1, 0.15) is 47.8 Å². The van der Waals surface area contributed by atoms with E-state index in [0.29, 0.717) is 54.4 Å². The Morgan fingerprint density at radius 2 is 1.68 bits per heavy atom. The average molecular weight is 509 g/mol. The van der Waals surface area contributed by atoms with E-state index in [9.17, 15) is 19.5 Å². The van der Waals surface area contributed by atoms with Crippen molar-refractivity contribution in [2.45, 2.75) is 26.3 Å². The van der Waals surface area contributed by atoms with Gasteiger partial charge in [0.05, 0.1) is 24.3 Å². The molecule has 37 heavy (non-hydrogen) atoms. The summed E-state index contributed by atoms with van der Waals surface area (Å²) in [5.74, 6) is -1.19. The number of esters is 1. The number of rotatable bonds is 9. The molecule has 2 heterocycles.